The Hall–Kier alpha value is -1.10. The van der Waals surface area contributed by atoms with Crippen LogP contribution in [0.5, 0.6) is 0 Å². The maximum Gasteiger partial charge on any atom is 0.248 e. The van der Waals surface area contributed by atoms with Crippen LogP contribution in [0.3, 0.4) is 0 Å². The Morgan fingerprint density at radius 2 is 1.70 bits per heavy atom. The minimum absolute atomic E-state index is 0.0114. The summed E-state index contributed by atoms with van der Waals surface area (Å²) < 4.78 is 5.27. The van der Waals surface area contributed by atoms with Crippen LogP contribution in [0, 0.1) is 0 Å². The summed E-state index contributed by atoms with van der Waals surface area (Å²) in [6.07, 6.45) is 5.84. The molecule has 0 bridgehead atoms. The number of rotatable bonds is 6. The molecule has 0 spiro atoms. The van der Waals surface area contributed by atoms with Gasteiger partial charge in [0.25, 0.3) is 0 Å². The highest BCUT2D eigenvalue weighted by Crippen LogP contribution is 2.21. The Balaban J connectivity index is 2.37. The molecule has 0 atom stereocenters. The van der Waals surface area contributed by atoms with Crippen LogP contribution in [-0.2, 0) is 14.3 Å². The molecule has 0 aromatic heterocycles. The Kier molecular flexibility index (Phi) is 6.99. The fraction of sp³-hybridized carbons (Fsp3) is 0.867. The zero-order valence-corrected chi connectivity index (χ0v) is 13.2. The van der Waals surface area contributed by atoms with Gasteiger partial charge in [0, 0.05) is 20.1 Å². The maximum absolute atomic E-state index is 12.2. The largest absolute Gasteiger partial charge is 0.369 e. The van der Waals surface area contributed by atoms with Crippen molar-refractivity contribution < 1.29 is 14.3 Å². The molecular weight excluding hydrogens is 256 g/mol. The van der Waals surface area contributed by atoms with E-state index in [0.29, 0.717) is 6.04 Å². The Morgan fingerprint density at radius 1 is 1.10 bits per heavy atom. The predicted molar refractivity (Wildman–Crippen MR) is 78.4 cm³/mol. The van der Waals surface area contributed by atoms with Gasteiger partial charge in [-0.05, 0) is 26.7 Å². The first-order valence-electron chi connectivity index (χ1n) is 7.53. The first-order valence-corrected chi connectivity index (χ1v) is 7.53. The molecule has 1 aliphatic carbocycles. The van der Waals surface area contributed by atoms with Crippen molar-refractivity contribution in [2.45, 2.75) is 58.1 Å². The number of hydrogen-bond donors (Lipinski definition) is 0. The smallest absolute Gasteiger partial charge is 0.248 e. The molecule has 0 unspecified atom stereocenters. The molecule has 0 aromatic rings. The summed E-state index contributed by atoms with van der Waals surface area (Å²) in [5, 5.41) is 0. The van der Waals surface area contributed by atoms with Gasteiger partial charge in [-0.1, -0.05) is 19.3 Å². The fourth-order valence-corrected chi connectivity index (χ4v) is 2.42. The summed E-state index contributed by atoms with van der Waals surface area (Å²) in [5.74, 6) is -0.138. The molecule has 116 valence electrons. The number of ether oxygens (including phenoxy) is 1. The minimum atomic E-state index is -0.149. The molecule has 0 saturated heterocycles. The van der Waals surface area contributed by atoms with Crippen molar-refractivity contribution in [2.75, 3.05) is 27.2 Å². The predicted octanol–water partition coefficient (Wildman–Crippen LogP) is 1.66. The molecule has 2 amide bonds. The number of likely N-dealkylation sites (N-methyl/N-ethyl adjacent to an activating group) is 2. The van der Waals surface area contributed by atoms with Crippen molar-refractivity contribution in [2.24, 2.45) is 0 Å². The second-order valence-electron chi connectivity index (χ2n) is 5.91. The third-order valence-electron chi connectivity index (χ3n) is 3.85. The van der Waals surface area contributed by atoms with Crippen molar-refractivity contribution in [3.63, 3.8) is 0 Å². The maximum atomic E-state index is 12.2. The number of carbonyl (C=O) groups is 2. The van der Waals surface area contributed by atoms with Crippen molar-refractivity contribution in [3.05, 3.63) is 0 Å². The summed E-state index contributed by atoms with van der Waals surface area (Å²) in [6.45, 7) is 3.94. The lowest BCUT2D eigenvalue weighted by Crippen LogP contribution is -2.45. The van der Waals surface area contributed by atoms with Crippen molar-refractivity contribution in [1.29, 1.82) is 0 Å². The Morgan fingerprint density at radius 3 is 2.25 bits per heavy atom. The van der Waals surface area contributed by atoms with E-state index in [4.69, 9.17) is 4.74 Å². The molecule has 0 heterocycles. The third kappa shape index (κ3) is 5.49. The minimum Gasteiger partial charge on any atom is -0.369 e. The lowest BCUT2D eigenvalue weighted by atomic mass is 9.94. The van der Waals surface area contributed by atoms with Gasteiger partial charge in [-0.2, -0.15) is 0 Å². The van der Waals surface area contributed by atoms with Gasteiger partial charge >= 0.3 is 0 Å². The molecule has 5 nitrogen and oxygen atoms in total. The SMILES string of the molecule is CC(C)OCC(=O)N(C)CC(=O)N(C)C1CCCCC1. The zero-order chi connectivity index (χ0) is 15.1. The first kappa shape index (κ1) is 17.0. The highest BCUT2D eigenvalue weighted by atomic mass is 16.5. The van der Waals surface area contributed by atoms with Crippen LogP contribution in [0.15, 0.2) is 0 Å². The molecular formula is C15H28N2O3. The van der Waals surface area contributed by atoms with E-state index in [0.717, 1.165) is 12.8 Å². The van der Waals surface area contributed by atoms with E-state index in [1.54, 1.807) is 7.05 Å². The van der Waals surface area contributed by atoms with Gasteiger partial charge in [0.05, 0.1) is 12.6 Å². The summed E-state index contributed by atoms with van der Waals surface area (Å²) in [6, 6.07) is 0.340. The standard InChI is InChI=1S/C15H28N2O3/c1-12(2)20-11-15(19)16(3)10-14(18)17(4)13-8-6-5-7-9-13/h12-13H,5-11H2,1-4H3. The van der Waals surface area contributed by atoms with Crippen LogP contribution in [0.4, 0.5) is 0 Å². The topological polar surface area (TPSA) is 49.9 Å². The summed E-state index contributed by atoms with van der Waals surface area (Å²) in [4.78, 5) is 27.3. The van der Waals surface area contributed by atoms with Crippen LogP contribution in [-0.4, -0.2) is 61.0 Å². The number of nitrogens with zero attached hydrogens (tertiary/aromatic N) is 2. The van der Waals surface area contributed by atoms with E-state index < -0.39 is 0 Å². The molecule has 0 N–H and O–H groups in total. The highest BCUT2D eigenvalue weighted by molar-refractivity contribution is 5.85. The van der Waals surface area contributed by atoms with Crippen LogP contribution in [0.2, 0.25) is 0 Å². The zero-order valence-electron chi connectivity index (χ0n) is 13.2. The normalized spacial score (nSPS) is 16.2. The molecule has 0 aliphatic heterocycles. The van der Waals surface area contributed by atoms with Gasteiger partial charge in [0.2, 0.25) is 11.8 Å². The van der Waals surface area contributed by atoms with E-state index in [1.807, 2.05) is 25.8 Å². The van der Waals surface area contributed by atoms with E-state index in [9.17, 15) is 9.59 Å². The van der Waals surface area contributed by atoms with Crippen LogP contribution < -0.4 is 0 Å². The second-order valence-corrected chi connectivity index (χ2v) is 5.91. The molecule has 1 saturated carbocycles. The first-order chi connectivity index (χ1) is 9.41. The van der Waals surface area contributed by atoms with Gasteiger partial charge in [0.1, 0.15) is 6.61 Å². The van der Waals surface area contributed by atoms with Gasteiger partial charge < -0.3 is 14.5 Å². The van der Waals surface area contributed by atoms with Crippen LogP contribution >= 0.6 is 0 Å². The Labute approximate surface area is 122 Å². The van der Waals surface area contributed by atoms with Crippen molar-refractivity contribution in [1.82, 2.24) is 9.80 Å². The fourth-order valence-electron chi connectivity index (χ4n) is 2.42. The number of amides is 2. The lowest BCUT2D eigenvalue weighted by molar-refractivity contribution is -0.143. The molecule has 0 aromatic carbocycles. The van der Waals surface area contributed by atoms with E-state index in [-0.39, 0.29) is 31.1 Å². The van der Waals surface area contributed by atoms with Gasteiger partial charge in [0.15, 0.2) is 0 Å². The number of hydrogen-bond acceptors (Lipinski definition) is 3. The van der Waals surface area contributed by atoms with Gasteiger partial charge in [-0.15, -0.1) is 0 Å². The molecule has 20 heavy (non-hydrogen) atoms. The van der Waals surface area contributed by atoms with E-state index in [2.05, 4.69) is 0 Å². The van der Waals surface area contributed by atoms with Crippen LogP contribution in [0.25, 0.3) is 0 Å². The number of carbonyl (C=O) groups excluding carboxylic acids is 2. The second kappa shape index (κ2) is 8.25. The van der Waals surface area contributed by atoms with Gasteiger partial charge in [-0.25, -0.2) is 0 Å². The molecule has 1 aliphatic rings. The van der Waals surface area contributed by atoms with Crippen molar-refractivity contribution in [3.8, 4) is 0 Å². The van der Waals surface area contributed by atoms with E-state index >= 15 is 0 Å². The molecule has 1 rings (SSSR count). The lowest BCUT2D eigenvalue weighted by Gasteiger charge is -2.32. The average Bonchev–Trinajstić information content (AvgIpc) is 2.44. The summed E-state index contributed by atoms with van der Waals surface area (Å²) in [7, 11) is 3.50. The average molecular weight is 284 g/mol. The van der Waals surface area contributed by atoms with Crippen molar-refractivity contribution >= 4 is 11.8 Å². The van der Waals surface area contributed by atoms with Crippen LogP contribution in [0.1, 0.15) is 46.0 Å². The Bertz CT molecular complexity index is 325. The summed E-state index contributed by atoms with van der Waals surface area (Å²) >= 11 is 0. The third-order valence-corrected chi connectivity index (χ3v) is 3.85. The van der Waals surface area contributed by atoms with E-state index in [1.165, 1.54) is 24.2 Å². The molecule has 0 radical (unpaired) electrons. The highest BCUT2D eigenvalue weighted by Gasteiger charge is 2.23. The summed E-state index contributed by atoms with van der Waals surface area (Å²) in [5.41, 5.74) is 0. The van der Waals surface area contributed by atoms with Gasteiger partial charge in [-0.3, -0.25) is 9.59 Å². The molecule has 5 heteroatoms. The quantitative estimate of drug-likeness (QED) is 0.745. The molecule has 1 fully saturated rings. The monoisotopic (exact) mass is 284 g/mol.